The molecule has 2 saturated heterocycles. The van der Waals surface area contributed by atoms with Crippen molar-refractivity contribution in [3.05, 3.63) is 59.7 Å². The lowest BCUT2D eigenvalue weighted by Gasteiger charge is -2.16. The third-order valence-electron chi connectivity index (χ3n) is 5.29. The molecule has 0 radical (unpaired) electrons. The lowest BCUT2D eigenvalue weighted by Crippen LogP contribution is -2.27. The smallest absolute Gasteiger partial charge is 0.414 e. The number of carbonyl (C=O) groups is 2. The number of hydrogen-bond donors (Lipinski definition) is 2. The summed E-state index contributed by atoms with van der Waals surface area (Å²) in [5.74, 6) is 0.647. The SMILES string of the molecule is N=C(N)c1ccc(N2CC(COc3ccc(C(=O)N4CCCC4)cc3)OC2=O)cc1. The first kappa shape index (κ1) is 19.8. The summed E-state index contributed by atoms with van der Waals surface area (Å²) in [6.07, 6.45) is 1.28. The molecule has 2 aliphatic rings. The van der Waals surface area contributed by atoms with Crippen molar-refractivity contribution in [1.82, 2.24) is 4.90 Å². The van der Waals surface area contributed by atoms with Gasteiger partial charge >= 0.3 is 6.09 Å². The molecule has 156 valence electrons. The average molecular weight is 408 g/mol. The zero-order valence-electron chi connectivity index (χ0n) is 16.5. The van der Waals surface area contributed by atoms with E-state index in [-0.39, 0.29) is 18.3 Å². The van der Waals surface area contributed by atoms with Crippen LogP contribution in [0.4, 0.5) is 10.5 Å². The molecule has 2 amide bonds. The van der Waals surface area contributed by atoms with E-state index in [4.69, 9.17) is 20.6 Å². The summed E-state index contributed by atoms with van der Waals surface area (Å²) in [5, 5.41) is 7.44. The molecule has 2 aromatic carbocycles. The van der Waals surface area contributed by atoms with Gasteiger partial charge in [-0.2, -0.15) is 0 Å². The Kier molecular flexibility index (Phi) is 5.56. The van der Waals surface area contributed by atoms with Crippen molar-refractivity contribution in [2.75, 3.05) is 31.1 Å². The lowest BCUT2D eigenvalue weighted by molar-refractivity contribution is 0.0792. The Hall–Kier alpha value is -3.55. The number of carbonyl (C=O) groups excluding carboxylic acids is 2. The van der Waals surface area contributed by atoms with Crippen molar-refractivity contribution in [3.8, 4) is 5.75 Å². The van der Waals surface area contributed by atoms with Crippen LogP contribution in [0.1, 0.15) is 28.8 Å². The predicted molar refractivity (Wildman–Crippen MR) is 112 cm³/mol. The van der Waals surface area contributed by atoms with Crippen LogP contribution in [0.5, 0.6) is 5.75 Å². The number of rotatable bonds is 6. The third kappa shape index (κ3) is 4.22. The average Bonchev–Trinajstić information content (AvgIpc) is 3.42. The number of nitrogens with one attached hydrogen (secondary N) is 1. The van der Waals surface area contributed by atoms with Gasteiger partial charge in [-0.05, 0) is 61.4 Å². The second kappa shape index (κ2) is 8.44. The first-order chi connectivity index (χ1) is 14.5. The van der Waals surface area contributed by atoms with E-state index in [2.05, 4.69) is 0 Å². The number of hydrogen-bond acceptors (Lipinski definition) is 5. The van der Waals surface area contributed by atoms with Crippen LogP contribution in [0, 0.1) is 5.41 Å². The van der Waals surface area contributed by atoms with Gasteiger partial charge in [-0.15, -0.1) is 0 Å². The number of nitrogens with zero attached hydrogens (tertiary/aromatic N) is 2. The molecule has 30 heavy (non-hydrogen) atoms. The normalized spacial score (nSPS) is 18.4. The van der Waals surface area contributed by atoms with Gasteiger partial charge in [0.1, 0.15) is 18.2 Å². The van der Waals surface area contributed by atoms with Gasteiger partial charge < -0.3 is 20.1 Å². The van der Waals surface area contributed by atoms with Crippen molar-refractivity contribution < 1.29 is 19.1 Å². The minimum absolute atomic E-state index is 0.0232. The van der Waals surface area contributed by atoms with Crippen LogP contribution >= 0.6 is 0 Å². The van der Waals surface area contributed by atoms with Crippen molar-refractivity contribution >= 4 is 23.5 Å². The number of ether oxygens (including phenoxy) is 2. The highest BCUT2D eigenvalue weighted by Gasteiger charge is 2.32. The standard InChI is InChI=1S/C22H24N4O4/c23-20(24)15-3-7-17(8-4-15)26-13-19(30-22(26)28)14-29-18-9-5-16(6-10-18)21(27)25-11-1-2-12-25/h3-10,19H,1-2,11-14H2,(H3,23,24). The van der Waals surface area contributed by atoms with Gasteiger partial charge in [0.25, 0.3) is 5.91 Å². The maximum absolute atomic E-state index is 12.4. The maximum Gasteiger partial charge on any atom is 0.414 e. The van der Waals surface area contributed by atoms with Crippen LogP contribution in [0.2, 0.25) is 0 Å². The topological polar surface area (TPSA) is 109 Å². The summed E-state index contributed by atoms with van der Waals surface area (Å²) < 4.78 is 11.2. The number of amidine groups is 1. The number of benzene rings is 2. The predicted octanol–water partition coefficient (Wildman–Crippen LogP) is 2.61. The minimum Gasteiger partial charge on any atom is -0.490 e. The van der Waals surface area contributed by atoms with E-state index in [9.17, 15) is 9.59 Å². The van der Waals surface area contributed by atoms with Gasteiger partial charge in [0.2, 0.25) is 0 Å². The Labute approximate surface area is 174 Å². The quantitative estimate of drug-likeness (QED) is 0.564. The van der Waals surface area contributed by atoms with Crippen LogP contribution in [-0.4, -0.2) is 55.1 Å². The van der Waals surface area contributed by atoms with E-state index >= 15 is 0 Å². The molecule has 2 aromatic rings. The number of nitrogens with two attached hydrogens (primary N) is 1. The van der Waals surface area contributed by atoms with E-state index < -0.39 is 12.2 Å². The maximum atomic E-state index is 12.4. The second-order valence-electron chi connectivity index (χ2n) is 7.41. The Morgan fingerprint density at radius 3 is 2.33 bits per heavy atom. The first-order valence-corrected chi connectivity index (χ1v) is 9.96. The summed E-state index contributed by atoms with van der Waals surface area (Å²) >= 11 is 0. The first-order valence-electron chi connectivity index (χ1n) is 9.96. The minimum atomic E-state index is -0.439. The Bertz CT molecular complexity index is 937. The monoisotopic (exact) mass is 408 g/mol. The Morgan fingerprint density at radius 1 is 1.07 bits per heavy atom. The molecule has 1 unspecified atom stereocenters. The van der Waals surface area contributed by atoms with Gasteiger partial charge in [0.05, 0.1) is 6.54 Å². The second-order valence-corrected chi connectivity index (χ2v) is 7.41. The van der Waals surface area contributed by atoms with Crippen molar-refractivity contribution in [3.63, 3.8) is 0 Å². The molecule has 2 fully saturated rings. The van der Waals surface area contributed by atoms with Crippen molar-refractivity contribution in [2.45, 2.75) is 18.9 Å². The number of anilines is 1. The van der Waals surface area contributed by atoms with Crippen LogP contribution in [0.15, 0.2) is 48.5 Å². The lowest BCUT2D eigenvalue weighted by atomic mass is 10.2. The molecule has 3 N–H and O–H groups in total. The molecule has 0 saturated carbocycles. The van der Waals surface area contributed by atoms with Crippen molar-refractivity contribution in [1.29, 1.82) is 5.41 Å². The molecule has 4 rings (SSSR count). The molecule has 2 aliphatic heterocycles. The summed E-state index contributed by atoms with van der Waals surface area (Å²) in [6.45, 7) is 2.22. The molecular weight excluding hydrogens is 384 g/mol. The molecular formula is C22H24N4O4. The highest BCUT2D eigenvalue weighted by atomic mass is 16.6. The van der Waals surface area contributed by atoms with Gasteiger partial charge in [-0.25, -0.2) is 4.79 Å². The van der Waals surface area contributed by atoms with Gasteiger partial charge in [0, 0.05) is 29.9 Å². The summed E-state index contributed by atoms with van der Waals surface area (Å²) in [5.41, 5.74) is 7.38. The largest absolute Gasteiger partial charge is 0.490 e. The highest BCUT2D eigenvalue weighted by Crippen LogP contribution is 2.23. The summed E-state index contributed by atoms with van der Waals surface area (Å²) in [6, 6.07) is 13.9. The molecule has 2 heterocycles. The fourth-order valence-corrected chi connectivity index (χ4v) is 3.63. The summed E-state index contributed by atoms with van der Waals surface area (Å²) in [7, 11) is 0. The van der Waals surface area contributed by atoms with Crippen LogP contribution < -0.4 is 15.4 Å². The number of likely N-dealkylation sites (tertiary alicyclic amines) is 1. The zero-order valence-corrected chi connectivity index (χ0v) is 16.5. The van der Waals surface area contributed by atoms with Crippen molar-refractivity contribution in [2.24, 2.45) is 5.73 Å². The third-order valence-corrected chi connectivity index (χ3v) is 5.29. The molecule has 8 nitrogen and oxygen atoms in total. The fourth-order valence-electron chi connectivity index (χ4n) is 3.63. The van der Waals surface area contributed by atoms with E-state index in [0.717, 1.165) is 25.9 Å². The van der Waals surface area contributed by atoms with E-state index in [1.54, 1.807) is 48.5 Å². The molecule has 8 heteroatoms. The molecule has 0 aromatic heterocycles. The number of nitrogen functional groups attached to an aromatic ring is 1. The molecule has 0 aliphatic carbocycles. The molecule has 1 atom stereocenters. The van der Waals surface area contributed by atoms with Gasteiger partial charge in [-0.1, -0.05) is 0 Å². The summed E-state index contributed by atoms with van der Waals surface area (Å²) in [4.78, 5) is 28.0. The van der Waals surface area contributed by atoms with Crippen LogP contribution in [0.25, 0.3) is 0 Å². The number of amides is 2. The number of cyclic esters (lactones) is 1. The van der Waals surface area contributed by atoms with Gasteiger partial charge in [-0.3, -0.25) is 15.1 Å². The van der Waals surface area contributed by atoms with Gasteiger partial charge in [0.15, 0.2) is 6.10 Å². The Balaban J connectivity index is 1.31. The van der Waals surface area contributed by atoms with Crippen LogP contribution in [0.3, 0.4) is 0 Å². The Morgan fingerprint density at radius 2 is 1.70 bits per heavy atom. The van der Waals surface area contributed by atoms with E-state index in [1.165, 1.54) is 4.90 Å². The fraction of sp³-hybridized carbons (Fsp3) is 0.318. The van der Waals surface area contributed by atoms with E-state index in [1.807, 2.05) is 4.90 Å². The molecule has 0 bridgehead atoms. The van der Waals surface area contributed by atoms with Crippen LogP contribution in [-0.2, 0) is 4.74 Å². The highest BCUT2D eigenvalue weighted by molar-refractivity contribution is 5.96. The zero-order chi connectivity index (χ0) is 21.1. The van der Waals surface area contributed by atoms with E-state index in [0.29, 0.717) is 29.1 Å². The molecule has 0 spiro atoms.